The second-order valence-corrected chi connectivity index (χ2v) is 22.4. The minimum Gasteiger partial charge on any atom is -0.466 e. The third kappa shape index (κ3) is 31.5. The largest absolute Gasteiger partial charge is 0.466 e. The van der Waals surface area contributed by atoms with Gasteiger partial charge in [0, 0.05) is 28.7 Å². The van der Waals surface area contributed by atoms with Gasteiger partial charge in [0.1, 0.15) is 5.58 Å². The second-order valence-electron chi connectivity index (χ2n) is 22.4. The Hall–Kier alpha value is -12.6. The van der Waals surface area contributed by atoms with Crippen LogP contribution in [0.15, 0.2) is 353 Å². The fourth-order valence-corrected chi connectivity index (χ4v) is 8.67. The summed E-state index contributed by atoms with van der Waals surface area (Å²) in [5.74, 6) is -0.187. The van der Waals surface area contributed by atoms with E-state index in [1.807, 2.05) is 295 Å². The van der Waals surface area contributed by atoms with Crippen LogP contribution in [0, 0.1) is 34.6 Å². The first-order valence-electron chi connectivity index (χ1n) is 32.1. The van der Waals surface area contributed by atoms with Crippen molar-refractivity contribution in [1.82, 2.24) is 0 Å². The van der Waals surface area contributed by atoms with Crippen molar-refractivity contribution in [2.24, 2.45) is 10.2 Å². The lowest BCUT2D eigenvalue weighted by Crippen LogP contribution is -1.93. The normalized spacial score (nSPS) is 10.5. The molecule has 9 heteroatoms. The predicted molar refractivity (Wildman–Crippen MR) is 411 cm³/mol. The molecule has 0 unspecified atom stereocenters. The van der Waals surface area contributed by atoms with Crippen molar-refractivity contribution in [3.63, 3.8) is 0 Å². The molecule has 12 rings (SSSR count). The quantitative estimate of drug-likeness (QED) is 0.0264. The minimum atomic E-state index is -0.334. The third-order valence-corrected chi connectivity index (χ3v) is 14.0. The highest BCUT2D eigenvalue weighted by Crippen LogP contribution is 2.19. The number of methoxy groups -OCH3 is 1. The molecular weight excluding hydrogens is 1220 g/mol. The molecule has 0 spiro atoms. The zero-order chi connectivity index (χ0) is 70.7. The van der Waals surface area contributed by atoms with Gasteiger partial charge in [0.2, 0.25) is 0 Å². The first-order chi connectivity index (χ1) is 48.1. The van der Waals surface area contributed by atoms with E-state index in [4.69, 9.17) is 4.42 Å². The fourth-order valence-electron chi connectivity index (χ4n) is 8.67. The van der Waals surface area contributed by atoms with Crippen molar-refractivity contribution < 1.29 is 28.3 Å². The summed E-state index contributed by atoms with van der Waals surface area (Å²) in [4.78, 5) is 55.7. The van der Waals surface area contributed by atoms with Crippen molar-refractivity contribution in [1.29, 1.82) is 0 Å². The van der Waals surface area contributed by atoms with E-state index in [1.54, 1.807) is 37.3 Å². The molecule has 0 amide bonds. The maximum absolute atomic E-state index is 11.8. The van der Waals surface area contributed by atoms with Gasteiger partial charge in [-0.1, -0.05) is 314 Å². The van der Waals surface area contributed by atoms with Crippen LogP contribution in [0.3, 0.4) is 0 Å². The highest BCUT2D eigenvalue weighted by molar-refractivity contribution is 6.07. The number of hydrogen-bond donors (Lipinski definition) is 0. The van der Waals surface area contributed by atoms with Crippen LogP contribution >= 0.6 is 0 Å². The summed E-state index contributed by atoms with van der Waals surface area (Å²) in [6.45, 7) is 11.7. The van der Waals surface area contributed by atoms with Crippen LogP contribution < -0.4 is 5.63 Å². The average Bonchev–Trinajstić information content (AvgIpc) is 0.934. The summed E-state index contributed by atoms with van der Waals surface area (Å²) in [5, 5.41) is 9.26. The number of hydrogen-bond acceptors (Lipinski definition) is 9. The van der Waals surface area contributed by atoms with Crippen LogP contribution in [-0.2, 0) is 14.3 Å². The number of rotatable bonds is 14. The molecule has 1 heterocycles. The van der Waals surface area contributed by atoms with Crippen molar-refractivity contribution in [2.45, 2.75) is 41.5 Å². The first kappa shape index (κ1) is 75.4. The van der Waals surface area contributed by atoms with Gasteiger partial charge < -0.3 is 9.15 Å². The molecule has 12 aromatic rings. The topological polar surface area (TPSA) is 132 Å². The van der Waals surface area contributed by atoms with Crippen molar-refractivity contribution >= 4 is 82.1 Å². The van der Waals surface area contributed by atoms with Crippen LogP contribution in [0.25, 0.3) is 47.4 Å². The van der Waals surface area contributed by atoms with Gasteiger partial charge >= 0.3 is 11.6 Å². The van der Waals surface area contributed by atoms with Crippen LogP contribution in [0.4, 0.5) is 11.4 Å². The lowest BCUT2D eigenvalue weighted by atomic mass is 10.1. The molecule has 0 fully saturated rings. The van der Waals surface area contributed by atoms with Crippen LogP contribution in [0.2, 0.25) is 0 Å². The Labute approximate surface area is 582 Å². The summed E-state index contributed by atoms with van der Waals surface area (Å²) >= 11 is 0. The molecule has 0 saturated heterocycles. The third-order valence-electron chi connectivity index (χ3n) is 14.0. The molecule has 0 atom stereocenters. The number of carbonyl (C=O) groups is 4. The van der Waals surface area contributed by atoms with Gasteiger partial charge in [-0.3, -0.25) is 14.4 Å². The second kappa shape index (κ2) is 43.4. The standard InChI is InChI=1S/2C16H14O.C15H14.C13H12N2.C10H8O2.C10H10O2.C10H10O/c1-13-7-10-15(11-8-13)16(17)12-9-14-5-3-2-4-6-14;1-13-7-9-14(10-8-13)11-12-16(17)15-5-3-2-4-6-15;1-13-6-5-9-15(12-13)11-10-14-7-3-2-4-8-14;1-11-6-5-9-13(10-11)15-14-12-7-3-2-4-8-12;1-7-2-3-8-4-5-10(11)12-9(8)6-7;1-12-10(11)8-7-9-5-3-2-4-6-9;1-9(11)7-8-10-5-3-2-4-6-10/h2*2-12H,1H3;2-12H,1H3;2-10H,1H3;2-6H,1H3;2-8H,1H3;2-8H,1H3/b12-9+;12-11+;11-10+;;;2*8-7+. The van der Waals surface area contributed by atoms with E-state index >= 15 is 0 Å². The number of ketones is 3. The van der Waals surface area contributed by atoms with Crippen molar-refractivity contribution in [2.75, 3.05) is 7.11 Å². The zero-order valence-corrected chi connectivity index (χ0v) is 57.0. The molecule has 0 aliphatic carbocycles. The van der Waals surface area contributed by atoms with E-state index in [2.05, 4.69) is 82.6 Å². The number of ether oxygens (including phenoxy) is 1. The number of benzene rings is 11. The molecule has 0 radical (unpaired) electrons. The Morgan fingerprint density at radius 3 is 1.18 bits per heavy atom. The summed E-state index contributed by atoms with van der Waals surface area (Å²) < 4.78 is 9.43. The summed E-state index contributed by atoms with van der Waals surface area (Å²) in [6, 6.07) is 99.6. The molecule has 0 aliphatic rings. The SMILES string of the molecule is CC(=O)/C=C/c1ccccc1.COC(=O)/C=C/c1ccccc1.Cc1ccc(/C=C/C(=O)c2ccccc2)cc1.Cc1ccc(C(=O)/C=C/c2ccccc2)cc1.Cc1ccc2ccc(=O)oc2c1.Cc1cccc(/C=C/c2ccccc2)c1.Cc1cccc(N=Nc2ccccc2)c1. The summed E-state index contributed by atoms with van der Waals surface area (Å²) in [5.41, 5.74) is 16.1. The van der Waals surface area contributed by atoms with E-state index in [9.17, 15) is 24.0 Å². The lowest BCUT2D eigenvalue weighted by molar-refractivity contribution is -0.134. The van der Waals surface area contributed by atoms with Gasteiger partial charge in [0.15, 0.2) is 17.3 Å². The van der Waals surface area contributed by atoms with Gasteiger partial charge in [-0.15, -0.1) is 0 Å². The number of aryl methyl sites for hydroxylation is 5. The lowest BCUT2D eigenvalue weighted by Gasteiger charge is -1.96. The van der Waals surface area contributed by atoms with Crippen LogP contribution in [0.5, 0.6) is 0 Å². The number of azo groups is 1. The Balaban J connectivity index is 0.000000183. The predicted octanol–water partition coefficient (Wildman–Crippen LogP) is 22.6. The number of esters is 1. The van der Waals surface area contributed by atoms with Gasteiger partial charge in [-0.05, 0) is 147 Å². The van der Waals surface area contributed by atoms with Crippen molar-refractivity contribution in [3.05, 3.63) is 416 Å². The van der Waals surface area contributed by atoms with E-state index in [1.165, 1.54) is 47.1 Å². The van der Waals surface area contributed by atoms with Gasteiger partial charge in [0.25, 0.3) is 0 Å². The molecule has 9 nitrogen and oxygen atoms in total. The molecule has 0 bridgehead atoms. The van der Waals surface area contributed by atoms with Gasteiger partial charge in [0.05, 0.1) is 18.5 Å². The van der Waals surface area contributed by atoms with Gasteiger partial charge in [-0.2, -0.15) is 10.2 Å². The van der Waals surface area contributed by atoms with Gasteiger partial charge in [-0.25, -0.2) is 9.59 Å². The molecule has 0 aliphatic heterocycles. The number of nitrogens with zero attached hydrogens (tertiary/aromatic N) is 2. The molecule has 494 valence electrons. The molecule has 0 saturated carbocycles. The van der Waals surface area contributed by atoms with Crippen LogP contribution in [-0.4, -0.2) is 30.4 Å². The minimum absolute atomic E-state index is 0.0335. The number of allylic oxidation sites excluding steroid dienone is 3. The smallest absolute Gasteiger partial charge is 0.336 e. The highest BCUT2D eigenvalue weighted by atomic mass is 16.5. The molecule has 11 aromatic carbocycles. The summed E-state index contributed by atoms with van der Waals surface area (Å²) in [7, 11) is 1.36. The Morgan fingerprint density at radius 1 is 0.323 bits per heavy atom. The summed E-state index contributed by atoms with van der Waals surface area (Å²) in [6.07, 6.45) is 17.7. The van der Waals surface area contributed by atoms with E-state index < -0.39 is 0 Å². The molecule has 0 N–H and O–H groups in total. The molecule has 1 aromatic heterocycles. The monoisotopic (exact) mass is 1300 g/mol. The van der Waals surface area contributed by atoms with E-state index in [0.29, 0.717) is 5.58 Å². The fraction of sp³-hybridized carbons (Fsp3) is 0.0778. The van der Waals surface area contributed by atoms with E-state index in [0.717, 1.165) is 61.3 Å². The molecular formula is C90H82N2O7. The Bertz CT molecular complexity index is 4550. The first-order valence-corrected chi connectivity index (χ1v) is 32.1. The Morgan fingerprint density at radius 2 is 0.687 bits per heavy atom. The maximum atomic E-state index is 11.8. The number of fused-ring (bicyclic) bond motifs is 1. The molecule has 99 heavy (non-hydrogen) atoms. The van der Waals surface area contributed by atoms with E-state index in [-0.39, 0.29) is 28.9 Å². The van der Waals surface area contributed by atoms with Crippen molar-refractivity contribution in [3.8, 4) is 0 Å². The zero-order valence-electron chi connectivity index (χ0n) is 57.0. The maximum Gasteiger partial charge on any atom is 0.336 e. The van der Waals surface area contributed by atoms with Crippen LogP contribution in [0.1, 0.15) is 88.8 Å². The Kier molecular flexibility index (Phi) is 33.1. The number of carbonyl (C=O) groups excluding carboxylic acids is 4. The highest BCUT2D eigenvalue weighted by Gasteiger charge is 2.02. The average molecular weight is 1300 g/mol.